The second-order valence-corrected chi connectivity index (χ2v) is 8.74. The molecule has 2 aromatic rings. The van der Waals surface area contributed by atoms with E-state index in [0.717, 1.165) is 63.1 Å². The number of carbonyl (C=O) groups is 2. The summed E-state index contributed by atoms with van der Waals surface area (Å²) in [5.41, 5.74) is 2.12. The number of piperidine rings is 2. The molecule has 2 amide bonds. The molecule has 0 unspecified atom stereocenters. The van der Waals surface area contributed by atoms with Gasteiger partial charge in [-0.05, 0) is 56.4 Å². The van der Waals surface area contributed by atoms with Crippen LogP contribution in [0.15, 0.2) is 36.9 Å². The Labute approximate surface area is 188 Å². The number of rotatable bonds is 4. The summed E-state index contributed by atoms with van der Waals surface area (Å²) in [5, 5.41) is 0. The van der Waals surface area contributed by atoms with Gasteiger partial charge in [0.1, 0.15) is 12.1 Å². The van der Waals surface area contributed by atoms with Crippen molar-refractivity contribution in [2.24, 2.45) is 0 Å². The minimum absolute atomic E-state index is 0.00475. The molecular weight excluding hydrogens is 409 g/mol. The van der Waals surface area contributed by atoms with Gasteiger partial charge in [-0.1, -0.05) is 0 Å². The Hall–Kier alpha value is -2.87. The van der Waals surface area contributed by atoms with Crippen molar-refractivity contribution in [3.8, 4) is 0 Å². The molecular formula is C24H30FN5O2. The Kier molecular flexibility index (Phi) is 6.79. The van der Waals surface area contributed by atoms with Crippen molar-refractivity contribution in [1.82, 2.24) is 19.8 Å². The smallest absolute Gasteiger partial charge is 0.256 e. The zero-order valence-electron chi connectivity index (χ0n) is 18.7. The third-order valence-corrected chi connectivity index (χ3v) is 6.70. The summed E-state index contributed by atoms with van der Waals surface area (Å²) >= 11 is 0. The predicted molar refractivity (Wildman–Crippen MR) is 120 cm³/mol. The number of anilines is 1. The van der Waals surface area contributed by atoms with Crippen LogP contribution in [0.5, 0.6) is 0 Å². The molecule has 1 aromatic carbocycles. The summed E-state index contributed by atoms with van der Waals surface area (Å²) in [5.74, 6) is -0.293. The molecule has 4 rings (SSSR count). The molecule has 170 valence electrons. The fourth-order valence-electron chi connectivity index (χ4n) is 5.05. The van der Waals surface area contributed by atoms with Crippen LogP contribution in [0, 0.1) is 12.7 Å². The van der Waals surface area contributed by atoms with Crippen LogP contribution in [0.3, 0.4) is 0 Å². The zero-order valence-corrected chi connectivity index (χ0v) is 18.7. The first-order valence-electron chi connectivity index (χ1n) is 11.3. The lowest BCUT2D eigenvalue weighted by Gasteiger charge is -2.44. The average Bonchev–Trinajstić information content (AvgIpc) is 2.81. The number of halogens is 1. The van der Waals surface area contributed by atoms with Gasteiger partial charge in [-0.2, -0.15) is 0 Å². The van der Waals surface area contributed by atoms with Gasteiger partial charge < -0.3 is 14.7 Å². The Morgan fingerprint density at radius 3 is 2.28 bits per heavy atom. The summed E-state index contributed by atoms with van der Waals surface area (Å²) in [6.45, 7) is 6.72. The molecule has 1 aromatic heterocycles. The molecule has 3 heterocycles. The zero-order chi connectivity index (χ0) is 22.7. The van der Waals surface area contributed by atoms with Crippen LogP contribution >= 0.6 is 0 Å². The molecule has 2 fully saturated rings. The normalized spacial score (nSPS) is 18.5. The maximum Gasteiger partial charge on any atom is 0.256 e. The van der Waals surface area contributed by atoms with Gasteiger partial charge in [0.25, 0.3) is 5.91 Å². The second kappa shape index (κ2) is 9.73. The Bertz CT molecular complexity index is 954. The molecule has 2 aliphatic rings. The highest BCUT2D eigenvalue weighted by Crippen LogP contribution is 2.29. The number of benzene rings is 1. The first kappa shape index (κ1) is 22.3. The molecule has 0 saturated carbocycles. The molecule has 0 radical (unpaired) electrons. The number of hydrogen-bond acceptors (Lipinski definition) is 5. The van der Waals surface area contributed by atoms with Crippen LogP contribution in [0.1, 0.15) is 48.5 Å². The van der Waals surface area contributed by atoms with Crippen LogP contribution in [0.4, 0.5) is 10.1 Å². The van der Waals surface area contributed by atoms with E-state index < -0.39 is 0 Å². The monoisotopic (exact) mass is 439 g/mol. The molecule has 0 N–H and O–H groups in total. The van der Waals surface area contributed by atoms with Gasteiger partial charge in [0, 0.05) is 63.3 Å². The summed E-state index contributed by atoms with van der Waals surface area (Å²) in [6.07, 6.45) is 8.21. The summed E-state index contributed by atoms with van der Waals surface area (Å²) < 4.78 is 13.5. The van der Waals surface area contributed by atoms with Crippen LogP contribution in [-0.2, 0) is 4.79 Å². The molecule has 0 atom stereocenters. The fourth-order valence-corrected chi connectivity index (χ4v) is 5.05. The molecule has 2 aliphatic heterocycles. The fraction of sp³-hybridized carbons (Fsp3) is 0.500. The van der Waals surface area contributed by atoms with Crippen molar-refractivity contribution in [3.05, 3.63) is 53.9 Å². The summed E-state index contributed by atoms with van der Waals surface area (Å²) in [6, 6.07) is 5.18. The van der Waals surface area contributed by atoms with E-state index in [-0.39, 0.29) is 23.7 Å². The van der Waals surface area contributed by atoms with Crippen LogP contribution in [0.25, 0.3) is 0 Å². The van der Waals surface area contributed by atoms with E-state index in [1.54, 1.807) is 25.4 Å². The van der Waals surface area contributed by atoms with Crippen LogP contribution in [-0.4, -0.2) is 69.8 Å². The third-order valence-electron chi connectivity index (χ3n) is 6.70. The predicted octanol–water partition coefficient (Wildman–Crippen LogP) is 3.05. The van der Waals surface area contributed by atoms with E-state index in [0.29, 0.717) is 11.6 Å². The summed E-state index contributed by atoms with van der Waals surface area (Å²) in [7, 11) is 0. The average molecular weight is 440 g/mol. The van der Waals surface area contributed by atoms with Gasteiger partial charge in [-0.3, -0.25) is 9.59 Å². The van der Waals surface area contributed by atoms with E-state index >= 15 is 0 Å². The standard InChI is InChI=1S/C24H30FN5O2/c1-17-13-20(25)3-4-23(17)30(18(2)31)22-7-9-28(10-8-22)21-5-11-29(12-6-21)24(32)19-14-26-16-27-15-19/h3-4,13-16,21-22H,5-12H2,1-2H3. The SMILES string of the molecule is CC(=O)N(c1ccc(F)cc1C)C1CCN(C2CCN(C(=O)c3cncnc3)CC2)CC1. The number of carbonyl (C=O) groups excluding carboxylic acids is 2. The van der Waals surface area contributed by atoms with Crippen molar-refractivity contribution in [2.75, 3.05) is 31.1 Å². The van der Waals surface area contributed by atoms with E-state index in [9.17, 15) is 14.0 Å². The van der Waals surface area contributed by atoms with Crippen molar-refractivity contribution in [2.45, 2.75) is 51.6 Å². The molecule has 32 heavy (non-hydrogen) atoms. The number of nitrogens with zero attached hydrogens (tertiary/aromatic N) is 5. The number of amides is 2. The minimum Gasteiger partial charge on any atom is -0.338 e. The molecule has 0 spiro atoms. The second-order valence-electron chi connectivity index (χ2n) is 8.74. The van der Waals surface area contributed by atoms with Crippen molar-refractivity contribution in [1.29, 1.82) is 0 Å². The van der Waals surface area contributed by atoms with Crippen molar-refractivity contribution >= 4 is 17.5 Å². The lowest BCUT2D eigenvalue weighted by molar-refractivity contribution is -0.117. The number of likely N-dealkylation sites (tertiary alicyclic amines) is 2. The minimum atomic E-state index is -0.283. The van der Waals surface area contributed by atoms with Gasteiger partial charge in [0.15, 0.2) is 0 Å². The van der Waals surface area contributed by atoms with Crippen molar-refractivity contribution < 1.29 is 14.0 Å². The number of aromatic nitrogens is 2. The molecule has 0 aliphatic carbocycles. The van der Waals surface area contributed by atoms with Gasteiger partial charge in [0.2, 0.25) is 5.91 Å². The Balaban J connectivity index is 1.33. The number of hydrogen-bond donors (Lipinski definition) is 0. The first-order chi connectivity index (χ1) is 15.4. The first-order valence-corrected chi connectivity index (χ1v) is 11.3. The maximum absolute atomic E-state index is 13.5. The number of aryl methyl sites for hydroxylation is 1. The van der Waals surface area contributed by atoms with Gasteiger partial charge in [-0.15, -0.1) is 0 Å². The van der Waals surface area contributed by atoms with E-state index in [1.165, 1.54) is 18.5 Å². The topological polar surface area (TPSA) is 69.6 Å². The van der Waals surface area contributed by atoms with E-state index in [4.69, 9.17) is 0 Å². The summed E-state index contributed by atoms with van der Waals surface area (Å²) in [4.78, 5) is 39.2. The Morgan fingerprint density at radius 1 is 1.03 bits per heavy atom. The van der Waals surface area contributed by atoms with Crippen LogP contribution < -0.4 is 4.90 Å². The highest BCUT2D eigenvalue weighted by molar-refractivity contribution is 5.94. The van der Waals surface area contributed by atoms with Gasteiger partial charge in [0.05, 0.1) is 5.56 Å². The van der Waals surface area contributed by atoms with Crippen molar-refractivity contribution in [3.63, 3.8) is 0 Å². The quantitative estimate of drug-likeness (QED) is 0.733. The highest BCUT2D eigenvalue weighted by atomic mass is 19.1. The Morgan fingerprint density at radius 2 is 1.69 bits per heavy atom. The lowest BCUT2D eigenvalue weighted by atomic mass is 9.96. The highest BCUT2D eigenvalue weighted by Gasteiger charge is 2.33. The van der Waals surface area contributed by atoms with Crippen LogP contribution in [0.2, 0.25) is 0 Å². The van der Waals surface area contributed by atoms with E-state index in [2.05, 4.69) is 14.9 Å². The molecule has 8 heteroatoms. The van der Waals surface area contributed by atoms with Gasteiger partial charge >= 0.3 is 0 Å². The maximum atomic E-state index is 13.5. The molecule has 2 saturated heterocycles. The molecule has 7 nitrogen and oxygen atoms in total. The molecule has 0 bridgehead atoms. The third kappa shape index (κ3) is 4.80. The van der Waals surface area contributed by atoms with Gasteiger partial charge in [-0.25, -0.2) is 14.4 Å². The van der Waals surface area contributed by atoms with E-state index in [1.807, 2.05) is 16.7 Å². The lowest BCUT2D eigenvalue weighted by Crippen LogP contribution is -2.52. The largest absolute Gasteiger partial charge is 0.338 e.